The fraction of sp³-hybridized carbons (Fsp3) is 0.250. The van der Waals surface area contributed by atoms with E-state index in [1.54, 1.807) is 0 Å². The van der Waals surface area contributed by atoms with Crippen LogP contribution in [0.5, 0.6) is 0 Å². The minimum Gasteiger partial charge on any atom is -0.354 e. The Kier molecular flexibility index (Phi) is 5.58. The number of hydrogen-bond donors (Lipinski definition) is 2. The van der Waals surface area contributed by atoms with Gasteiger partial charge in [-0.1, -0.05) is 50.8 Å². The third kappa shape index (κ3) is 3.14. The van der Waals surface area contributed by atoms with Crippen LogP contribution in [0, 0.1) is 0 Å². The Hall–Kier alpha value is -2.55. The molecular formula is C20H24N2O. The smallest absolute Gasteiger partial charge is 0.251 e. The van der Waals surface area contributed by atoms with Crippen molar-refractivity contribution < 1.29 is 4.79 Å². The third-order valence-corrected chi connectivity index (χ3v) is 3.81. The van der Waals surface area contributed by atoms with Gasteiger partial charge in [0.25, 0.3) is 5.91 Å². The minimum atomic E-state index is 0.00230. The molecule has 0 saturated heterocycles. The van der Waals surface area contributed by atoms with Crippen molar-refractivity contribution in [2.45, 2.75) is 27.2 Å². The molecular weight excluding hydrogens is 284 g/mol. The molecule has 0 atom stereocenters. The first kappa shape index (κ1) is 16.8. The summed E-state index contributed by atoms with van der Waals surface area (Å²) >= 11 is 0. The van der Waals surface area contributed by atoms with E-state index in [1.807, 2.05) is 63.3 Å². The van der Waals surface area contributed by atoms with Crippen molar-refractivity contribution in [1.29, 1.82) is 0 Å². The van der Waals surface area contributed by atoms with Crippen LogP contribution in [0.3, 0.4) is 0 Å². The first-order chi connectivity index (χ1) is 11.3. The maximum absolute atomic E-state index is 12.1. The first-order valence-corrected chi connectivity index (χ1v) is 8.13. The van der Waals surface area contributed by atoms with Gasteiger partial charge in [-0.3, -0.25) is 4.79 Å². The molecule has 2 aromatic rings. The van der Waals surface area contributed by atoms with Crippen LogP contribution in [-0.4, -0.2) is 17.4 Å². The molecule has 1 amide bonds. The molecule has 0 radical (unpaired) electrons. The highest BCUT2D eigenvalue weighted by molar-refractivity contribution is 6.09. The van der Waals surface area contributed by atoms with Crippen LogP contribution in [0.15, 0.2) is 49.1 Å². The van der Waals surface area contributed by atoms with Crippen molar-refractivity contribution >= 4 is 22.4 Å². The average Bonchev–Trinajstić information content (AvgIpc) is 2.86. The zero-order valence-corrected chi connectivity index (χ0v) is 14.1. The summed E-state index contributed by atoms with van der Waals surface area (Å²) in [4.78, 5) is 15.6. The molecule has 3 nitrogen and oxygen atoms in total. The number of H-pyrrole nitrogens is 1. The molecule has 2 N–H and O–H groups in total. The fourth-order valence-corrected chi connectivity index (χ4v) is 2.85. The highest BCUT2D eigenvalue weighted by Crippen LogP contribution is 2.32. The van der Waals surface area contributed by atoms with Gasteiger partial charge in [-0.25, -0.2) is 0 Å². The molecule has 3 rings (SSSR count). The minimum absolute atomic E-state index is 0.00230. The molecule has 0 unspecified atom stereocenters. The van der Waals surface area contributed by atoms with Gasteiger partial charge in [-0.15, -0.1) is 0 Å². The van der Waals surface area contributed by atoms with Gasteiger partial charge in [0.2, 0.25) is 0 Å². The standard InChI is InChI=1S/C18H18N2O.C2H6/c1-3-5-7-12(4-2)17-13-10-11-19-18(21)14-8-6-9-15(20-17)16(13)14;1-2/h3-9,20H,2,10-11H2,1H3,(H,19,21);1-2H3/b5-3-,12-7+;. The number of rotatable bonds is 3. The highest BCUT2D eigenvalue weighted by Gasteiger charge is 2.21. The Labute approximate surface area is 137 Å². The predicted molar refractivity (Wildman–Crippen MR) is 98.7 cm³/mol. The number of benzene rings is 1. The molecule has 0 bridgehead atoms. The second kappa shape index (κ2) is 7.63. The maximum atomic E-state index is 12.1. The van der Waals surface area contributed by atoms with Crippen LogP contribution in [0.25, 0.3) is 16.5 Å². The number of nitrogens with one attached hydrogen (secondary N) is 2. The van der Waals surface area contributed by atoms with E-state index in [4.69, 9.17) is 0 Å². The fourth-order valence-electron chi connectivity index (χ4n) is 2.85. The topological polar surface area (TPSA) is 44.9 Å². The van der Waals surface area contributed by atoms with E-state index in [2.05, 4.69) is 16.9 Å². The second-order valence-electron chi connectivity index (χ2n) is 5.06. The van der Waals surface area contributed by atoms with Crippen LogP contribution in [0.2, 0.25) is 0 Å². The second-order valence-corrected chi connectivity index (χ2v) is 5.06. The molecule has 0 fully saturated rings. The first-order valence-electron chi connectivity index (χ1n) is 8.13. The van der Waals surface area contributed by atoms with E-state index in [-0.39, 0.29) is 5.91 Å². The van der Waals surface area contributed by atoms with Gasteiger partial charge in [0.1, 0.15) is 0 Å². The van der Waals surface area contributed by atoms with Crippen molar-refractivity contribution in [3.63, 3.8) is 0 Å². The Morgan fingerprint density at radius 2 is 2.09 bits per heavy atom. The zero-order chi connectivity index (χ0) is 16.8. The van der Waals surface area contributed by atoms with Gasteiger partial charge < -0.3 is 10.3 Å². The number of aromatic nitrogens is 1. The van der Waals surface area contributed by atoms with Crippen molar-refractivity contribution in [3.05, 3.63) is 65.9 Å². The molecule has 3 heteroatoms. The number of carbonyl (C=O) groups excluding carboxylic acids is 1. The normalized spacial score (nSPS) is 14.2. The van der Waals surface area contributed by atoms with Crippen molar-refractivity contribution in [1.82, 2.24) is 10.3 Å². The summed E-state index contributed by atoms with van der Waals surface area (Å²) < 4.78 is 0. The van der Waals surface area contributed by atoms with Crippen LogP contribution < -0.4 is 5.32 Å². The quantitative estimate of drug-likeness (QED) is 0.798. The molecule has 0 spiro atoms. The molecule has 1 aliphatic heterocycles. The van der Waals surface area contributed by atoms with Crippen LogP contribution >= 0.6 is 0 Å². The van der Waals surface area contributed by atoms with Crippen molar-refractivity contribution in [2.24, 2.45) is 0 Å². The lowest BCUT2D eigenvalue weighted by molar-refractivity contribution is 0.0957. The number of amides is 1. The summed E-state index contributed by atoms with van der Waals surface area (Å²) in [5.41, 5.74) is 5.04. The molecule has 2 heterocycles. The summed E-state index contributed by atoms with van der Waals surface area (Å²) in [5.74, 6) is 0.00230. The lowest BCUT2D eigenvalue weighted by atomic mass is 10.00. The van der Waals surface area contributed by atoms with E-state index in [0.717, 1.165) is 34.2 Å². The zero-order valence-electron chi connectivity index (χ0n) is 14.1. The summed E-state index contributed by atoms with van der Waals surface area (Å²) in [7, 11) is 0. The maximum Gasteiger partial charge on any atom is 0.251 e. The van der Waals surface area contributed by atoms with E-state index in [9.17, 15) is 4.79 Å². The third-order valence-electron chi connectivity index (χ3n) is 3.81. The Bertz CT molecular complexity index is 778. The van der Waals surface area contributed by atoms with Crippen molar-refractivity contribution in [3.8, 4) is 0 Å². The number of aromatic amines is 1. The molecule has 1 aromatic carbocycles. The number of allylic oxidation sites excluding steroid dienone is 5. The van der Waals surface area contributed by atoms with Crippen LogP contribution in [-0.2, 0) is 6.42 Å². The van der Waals surface area contributed by atoms with E-state index in [1.165, 1.54) is 5.56 Å². The van der Waals surface area contributed by atoms with Gasteiger partial charge >= 0.3 is 0 Å². The van der Waals surface area contributed by atoms with E-state index >= 15 is 0 Å². The highest BCUT2D eigenvalue weighted by atomic mass is 16.1. The van der Waals surface area contributed by atoms with Gasteiger partial charge in [-0.05, 0) is 36.6 Å². The molecule has 1 aromatic heterocycles. The average molecular weight is 308 g/mol. The lowest BCUT2D eigenvalue weighted by Gasteiger charge is -2.04. The van der Waals surface area contributed by atoms with Gasteiger partial charge in [-0.2, -0.15) is 0 Å². The Morgan fingerprint density at radius 3 is 2.78 bits per heavy atom. The monoisotopic (exact) mass is 308 g/mol. The number of hydrogen-bond acceptors (Lipinski definition) is 1. The predicted octanol–water partition coefficient (Wildman–Crippen LogP) is 4.63. The summed E-state index contributed by atoms with van der Waals surface area (Å²) in [6, 6.07) is 5.81. The molecule has 23 heavy (non-hydrogen) atoms. The van der Waals surface area contributed by atoms with Crippen molar-refractivity contribution in [2.75, 3.05) is 6.54 Å². The van der Waals surface area contributed by atoms with Gasteiger partial charge in [0.15, 0.2) is 0 Å². The lowest BCUT2D eigenvalue weighted by Crippen LogP contribution is -2.23. The number of carbonyl (C=O) groups is 1. The van der Waals surface area contributed by atoms with Gasteiger partial charge in [0, 0.05) is 28.7 Å². The van der Waals surface area contributed by atoms with E-state index in [0.29, 0.717) is 6.54 Å². The Morgan fingerprint density at radius 1 is 1.30 bits per heavy atom. The Balaban J connectivity index is 0.000000924. The largest absolute Gasteiger partial charge is 0.354 e. The van der Waals surface area contributed by atoms with Gasteiger partial charge in [0.05, 0.1) is 0 Å². The molecule has 0 aliphatic carbocycles. The molecule has 0 saturated carbocycles. The molecule has 120 valence electrons. The van der Waals surface area contributed by atoms with Crippen LogP contribution in [0.1, 0.15) is 42.4 Å². The summed E-state index contributed by atoms with van der Waals surface area (Å²) in [6.07, 6.45) is 8.69. The molecule has 1 aliphatic rings. The summed E-state index contributed by atoms with van der Waals surface area (Å²) in [5, 5.41) is 3.99. The van der Waals surface area contributed by atoms with E-state index < -0.39 is 0 Å². The van der Waals surface area contributed by atoms with Crippen LogP contribution in [0.4, 0.5) is 0 Å². The SMILES string of the molecule is C=C/C(=C\C=C/C)c1[nH]c2cccc3c2c1CCNC3=O.CC. The summed E-state index contributed by atoms with van der Waals surface area (Å²) in [6.45, 7) is 10.5.